The molecule has 34 heavy (non-hydrogen) atoms. The molecule has 2 aliphatic rings. The van der Waals surface area contributed by atoms with Crippen molar-refractivity contribution in [3.8, 4) is 0 Å². The van der Waals surface area contributed by atoms with Gasteiger partial charge in [0.15, 0.2) is 0 Å². The van der Waals surface area contributed by atoms with Gasteiger partial charge in [-0.1, -0.05) is 18.2 Å². The summed E-state index contributed by atoms with van der Waals surface area (Å²) in [4.78, 5) is 48.9. The predicted molar refractivity (Wildman–Crippen MR) is 121 cm³/mol. The number of carbonyl (C=O) groups excluding carboxylic acids is 2. The quantitative estimate of drug-likeness (QED) is 0.325. The first-order valence-corrected chi connectivity index (χ1v) is 10.2. The van der Waals surface area contributed by atoms with Crippen LogP contribution in [0.3, 0.4) is 0 Å². The van der Waals surface area contributed by atoms with Gasteiger partial charge in [-0.05, 0) is 42.0 Å². The largest absolute Gasteiger partial charge is 0.273 e. The summed E-state index contributed by atoms with van der Waals surface area (Å²) in [6.45, 7) is 0. The van der Waals surface area contributed by atoms with Crippen molar-refractivity contribution < 1.29 is 19.4 Å². The molecule has 3 aromatic carbocycles. The second kappa shape index (κ2) is 7.89. The van der Waals surface area contributed by atoms with Crippen LogP contribution in [0.25, 0.3) is 0 Å². The highest BCUT2D eigenvalue weighted by Gasteiger charge is 2.57. The molecule has 2 amide bonds. The molecule has 1 fully saturated rings. The van der Waals surface area contributed by atoms with E-state index in [2.05, 4.69) is 5.10 Å². The molecule has 3 aromatic rings. The number of fused-ring (bicyclic) bond motifs is 1. The van der Waals surface area contributed by atoms with Crippen LogP contribution < -0.4 is 9.91 Å². The number of para-hydroxylation sites is 1. The van der Waals surface area contributed by atoms with E-state index in [0.29, 0.717) is 17.0 Å². The van der Waals surface area contributed by atoms with Crippen LogP contribution in [-0.2, 0) is 9.59 Å². The zero-order valence-electron chi connectivity index (χ0n) is 17.3. The fourth-order valence-electron chi connectivity index (χ4n) is 4.18. The average Bonchev–Trinajstić information content (AvgIpc) is 3.36. The molecule has 11 heteroatoms. The zero-order chi connectivity index (χ0) is 24.0. The first-order chi connectivity index (χ1) is 16.4. The van der Waals surface area contributed by atoms with Crippen molar-refractivity contribution in [2.75, 3.05) is 9.91 Å². The number of nitro groups is 2. The highest BCUT2D eigenvalue weighted by Crippen LogP contribution is 2.39. The van der Waals surface area contributed by atoms with E-state index in [1.54, 1.807) is 24.3 Å². The van der Waals surface area contributed by atoms with E-state index in [1.165, 1.54) is 53.5 Å². The van der Waals surface area contributed by atoms with Gasteiger partial charge >= 0.3 is 0 Å². The lowest BCUT2D eigenvalue weighted by molar-refractivity contribution is -0.385. The molecular weight excluding hydrogens is 442 g/mol. The summed E-state index contributed by atoms with van der Waals surface area (Å²) in [5.41, 5.74) is 1.33. The Bertz CT molecular complexity index is 1350. The number of non-ortho nitro benzene ring substituents is 2. The number of hydrogen-bond acceptors (Lipinski definition) is 8. The molecule has 5 rings (SSSR count). The van der Waals surface area contributed by atoms with Crippen molar-refractivity contribution in [3.63, 3.8) is 0 Å². The van der Waals surface area contributed by atoms with Crippen molar-refractivity contribution in [1.82, 2.24) is 0 Å². The number of imide groups is 1. The molecule has 11 nitrogen and oxygen atoms in total. The van der Waals surface area contributed by atoms with Crippen LogP contribution in [0, 0.1) is 26.1 Å². The number of hydrazone groups is 1. The van der Waals surface area contributed by atoms with Crippen molar-refractivity contribution in [3.05, 3.63) is 105 Å². The normalized spacial score (nSPS) is 19.2. The lowest BCUT2D eigenvalue weighted by atomic mass is 9.92. The maximum Gasteiger partial charge on any atom is 0.269 e. The van der Waals surface area contributed by atoms with E-state index in [1.807, 2.05) is 6.07 Å². The fourth-order valence-corrected chi connectivity index (χ4v) is 4.18. The first-order valence-electron chi connectivity index (χ1n) is 10.2. The van der Waals surface area contributed by atoms with Gasteiger partial charge in [0.05, 0.1) is 26.9 Å². The van der Waals surface area contributed by atoms with Crippen LogP contribution in [0.1, 0.15) is 5.56 Å². The highest BCUT2D eigenvalue weighted by atomic mass is 16.6. The summed E-state index contributed by atoms with van der Waals surface area (Å²) < 4.78 is 0. The lowest BCUT2D eigenvalue weighted by Crippen LogP contribution is -2.39. The van der Waals surface area contributed by atoms with Crippen LogP contribution in [0.15, 0.2) is 84.0 Å². The molecule has 0 aliphatic carbocycles. The minimum Gasteiger partial charge on any atom is -0.273 e. The van der Waals surface area contributed by atoms with Gasteiger partial charge in [-0.2, -0.15) is 5.10 Å². The van der Waals surface area contributed by atoms with Gasteiger partial charge in [-0.25, -0.2) is 4.90 Å². The second-order valence-electron chi connectivity index (χ2n) is 7.68. The highest BCUT2D eigenvalue weighted by molar-refractivity contribution is 6.34. The van der Waals surface area contributed by atoms with E-state index in [4.69, 9.17) is 0 Å². The third-order valence-electron chi connectivity index (χ3n) is 5.76. The van der Waals surface area contributed by atoms with Crippen LogP contribution in [0.5, 0.6) is 0 Å². The minimum atomic E-state index is -0.963. The summed E-state index contributed by atoms with van der Waals surface area (Å²) >= 11 is 0. The molecule has 0 bridgehead atoms. The van der Waals surface area contributed by atoms with Crippen molar-refractivity contribution >= 4 is 40.3 Å². The van der Waals surface area contributed by atoms with Gasteiger partial charge in [-0.3, -0.25) is 34.8 Å². The van der Waals surface area contributed by atoms with Crippen molar-refractivity contribution in [2.24, 2.45) is 11.0 Å². The number of anilines is 2. The molecule has 0 saturated carbocycles. The van der Waals surface area contributed by atoms with Crippen LogP contribution in [0.4, 0.5) is 22.7 Å². The second-order valence-corrected chi connectivity index (χ2v) is 7.68. The number of amides is 2. The molecule has 0 unspecified atom stereocenters. The minimum absolute atomic E-state index is 0.111. The Balaban J connectivity index is 1.58. The Morgan fingerprint density at radius 3 is 1.82 bits per heavy atom. The van der Waals surface area contributed by atoms with E-state index >= 15 is 0 Å². The van der Waals surface area contributed by atoms with Crippen LogP contribution in [0.2, 0.25) is 0 Å². The van der Waals surface area contributed by atoms with E-state index in [-0.39, 0.29) is 17.1 Å². The topological polar surface area (TPSA) is 139 Å². The smallest absolute Gasteiger partial charge is 0.269 e. The Morgan fingerprint density at radius 1 is 0.706 bits per heavy atom. The number of carbonyl (C=O) groups is 2. The summed E-state index contributed by atoms with van der Waals surface area (Å²) in [6.07, 6.45) is 0. The zero-order valence-corrected chi connectivity index (χ0v) is 17.3. The maximum atomic E-state index is 13.5. The molecule has 2 heterocycles. The van der Waals surface area contributed by atoms with Gasteiger partial charge in [0, 0.05) is 24.3 Å². The lowest BCUT2D eigenvalue weighted by Gasteiger charge is -2.22. The molecule has 0 radical (unpaired) electrons. The van der Waals surface area contributed by atoms with Gasteiger partial charge < -0.3 is 0 Å². The maximum absolute atomic E-state index is 13.5. The molecule has 2 aliphatic heterocycles. The van der Waals surface area contributed by atoms with Crippen LogP contribution >= 0.6 is 0 Å². The standard InChI is InChI=1S/C23H15N5O6/c29-22-19-20(14-6-8-17(9-7-14)27(31)32)24-26(16-4-2-1-3-5-16)21(19)23(30)25(22)15-10-12-18(13-11-15)28(33)34/h1-13,19,21H/t19-,21-/m0/s1. The molecule has 1 saturated heterocycles. The summed E-state index contributed by atoms with van der Waals surface area (Å²) in [5.74, 6) is -2.00. The Hall–Kier alpha value is -4.93. The predicted octanol–water partition coefficient (Wildman–Crippen LogP) is 3.29. The number of rotatable bonds is 5. The molecule has 0 spiro atoms. The van der Waals surface area contributed by atoms with E-state index in [9.17, 15) is 29.8 Å². The van der Waals surface area contributed by atoms with Crippen molar-refractivity contribution in [1.29, 1.82) is 0 Å². The van der Waals surface area contributed by atoms with Gasteiger partial charge in [0.2, 0.25) is 5.91 Å². The summed E-state index contributed by atoms with van der Waals surface area (Å²) in [7, 11) is 0. The Morgan fingerprint density at radius 2 is 1.26 bits per heavy atom. The fraction of sp³-hybridized carbons (Fsp3) is 0.0870. The Kier molecular flexibility index (Phi) is 4.86. The van der Waals surface area contributed by atoms with Crippen LogP contribution in [-0.4, -0.2) is 33.4 Å². The molecule has 168 valence electrons. The van der Waals surface area contributed by atoms with Gasteiger partial charge in [0.1, 0.15) is 12.0 Å². The number of nitrogens with zero attached hydrogens (tertiary/aromatic N) is 5. The molecular formula is C23H15N5O6. The Labute approximate surface area is 191 Å². The average molecular weight is 457 g/mol. The molecule has 0 aromatic heterocycles. The SMILES string of the molecule is O=C1[C@H]2C(c3ccc([N+](=O)[O-])cc3)=NN(c3ccccc3)[C@@H]2C(=O)N1c1ccc([N+](=O)[O-])cc1. The number of benzene rings is 3. The first kappa shape index (κ1) is 20.9. The third kappa shape index (κ3) is 3.26. The third-order valence-corrected chi connectivity index (χ3v) is 5.76. The van der Waals surface area contributed by atoms with Crippen molar-refractivity contribution in [2.45, 2.75) is 6.04 Å². The number of hydrogen-bond donors (Lipinski definition) is 0. The summed E-state index contributed by atoms with van der Waals surface area (Å²) in [5, 5.41) is 28.1. The van der Waals surface area contributed by atoms with E-state index in [0.717, 1.165) is 4.90 Å². The van der Waals surface area contributed by atoms with E-state index < -0.39 is 33.6 Å². The molecule has 2 atom stereocenters. The summed E-state index contributed by atoms with van der Waals surface area (Å²) in [6, 6.07) is 18.7. The van der Waals surface area contributed by atoms with Gasteiger partial charge in [-0.15, -0.1) is 0 Å². The molecule has 0 N–H and O–H groups in total. The number of nitro benzene ring substituents is 2. The monoisotopic (exact) mass is 457 g/mol. The van der Waals surface area contributed by atoms with Gasteiger partial charge in [0.25, 0.3) is 17.3 Å².